The van der Waals surface area contributed by atoms with E-state index in [-0.39, 0.29) is 5.48 Å². The molecule has 1 aromatic rings. The normalized spacial score (nSPS) is 20.1. The molecule has 1 unspecified atom stereocenters. The van der Waals surface area contributed by atoms with Crippen LogP contribution in [0.4, 0.5) is 5.69 Å². The van der Waals surface area contributed by atoms with E-state index in [4.69, 9.17) is 0 Å². The van der Waals surface area contributed by atoms with Crippen molar-refractivity contribution in [3.8, 4) is 0 Å². The number of aryl methyl sites for hydroxylation is 1. The molecule has 0 bridgehead atoms. The highest BCUT2D eigenvalue weighted by atomic mass is 32.2. The molecule has 1 aliphatic heterocycles. The van der Waals surface area contributed by atoms with Gasteiger partial charge in [0.1, 0.15) is 11.0 Å². The average molecular weight is 227 g/mol. The van der Waals surface area contributed by atoms with Gasteiger partial charge >= 0.3 is 0 Å². The fraction of sp³-hybridized carbons (Fsp3) is 0.455. The van der Waals surface area contributed by atoms with Gasteiger partial charge in [0.15, 0.2) is 0 Å². The van der Waals surface area contributed by atoms with Gasteiger partial charge in [-0.05, 0) is 30.5 Å². The van der Waals surface area contributed by atoms with Crippen LogP contribution in [0.5, 0.6) is 0 Å². The molecule has 3 nitrogen and oxygen atoms in total. The highest BCUT2D eigenvalue weighted by molar-refractivity contribution is 7.86. The van der Waals surface area contributed by atoms with Crippen LogP contribution < -0.4 is 4.31 Å². The Morgan fingerprint density at radius 2 is 2.00 bits per heavy atom. The van der Waals surface area contributed by atoms with Gasteiger partial charge in [0.25, 0.3) is 0 Å². The van der Waals surface area contributed by atoms with Crippen LogP contribution >= 0.6 is 0 Å². The summed E-state index contributed by atoms with van der Waals surface area (Å²) in [7, 11) is -0.787. The maximum absolute atomic E-state index is 11.6. The van der Waals surface area contributed by atoms with E-state index in [9.17, 15) is 4.21 Å². The number of nitrogens with zero attached hydrogens (tertiary/aromatic N) is 1. The smallest absolute Gasteiger partial charge is 0.119 e. The summed E-state index contributed by atoms with van der Waals surface area (Å²) in [5.74, 6) is 0.815. The van der Waals surface area contributed by atoms with Gasteiger partial charge in [0.2, 0.25) is 0 Å². The zero-order chi connectivity index (χ0) is 9.97. The molecular formula is C11H17NO2S. The van der Waals surface area contributed by atoms with Crippen molar-refractivity contribution in [3.05, 3.63) is 29.8 Å². The first-order valence-corrected chi connectivity index (χ1v) is 6.34. The Hall–Kier alpha value is -0.870. The van der Waals surface area contributed by atoms with E-state index in [1.807, 2.05) is 4.31 Å². The standard InChI is InChI=1S/C11H15NOS.H2O/c1-2-10-4-6-11(7-5-10)12-8-3-9-14(12)13;/h4-7H,2-3,8-9H2,1H3;1H2. The summed E-state index contributed by atoms with van der Waals surface area (Å²) in [5.41, 5.74) is 2.43. The minimum absolute atomic E-state index is 0. The van der Waals surface area contributed by atoms with Gasteiger partial charge in [-0.25, -0.2) is 4.21 Å². The van der Waals surface area contributed by atoms with Gasteiger partial charge in [0.05, 0.1) is 0 Å². The topological polar surface area (TPSA) is 51.8 Å². The molecule has 0 aromatic heterocycles. The third-order valence-electron chi connectivity index (χ3n) is 2.56. The molecule has 1 fully saturated rings. The van der Waals surface area contributed by atoms with Crippen molar-refractivity contribution in [2.24, 2.45) is 0 Å². The van der Waals surface area contributed by atoms with Crippen molar-refractivity contribution >= 4 is 16.7 Å². The van der Waals surface area contributed by atoms with Crippen molar-refractivity contribution in [2.75, 3.05) is 16.6 Å². The molecule has 0 radical (unpaired) electrons. The van der Waals surface area contributed by atoms with Gasteiger partial charge in [-0.3, -0.25) is 4.31 Å². The molecule has 2 N–H and O–H groups in total. The fourth-order valence-corrected chi connectivity index (χ4v) is 2.97. The van der Waals surface area contributed by atoms with Crippen LogP contribution in [-0.2, 0) is 17.4 Å². The first-order valence-electron chi connectivity index (χ1n) is 5.06. The lowest BCUT2D eigenvalue weighted by Gasteiger charge is -2.15. The zero-order valence-electron chi connectivity index (χ0n) is 8.90. The second-order valence-corrected chi connectivity index (χ2v) is 4.99. The maximum Gasteiger partial charge on any atom is 0.119 e. The zero-order valence-corrected chi connectivity index (χ0v) is 9.72. The average Bonchev–Trinajstić information content (AvgIpc) is 2.65. The van der Waals surface area contributed by atoms with E-state index in [0.29, 0.717) is 0 Å². The molecule has 4 heteroatoms. The molecule has 0 aliphatic carbocycles. The largest absolute Gasteiger partial charge is 0.412 e. The van der Waals surface area contributed by atoms with Crippen LogP contribution in [-0.4, -0.2) is 22.0 Å². The van der Waals surface area contributed by atoms with Gasteiger partial charge in [0, 0.05) is 18.0 Å². The van der Waals surface area contributed by atoms with Gasteiger partial charge in [-0.1, -0.05) is 19.1 Å². The van der Waals surface area contributed by atoms with E-state index in [1.54, 1.807) is 0 Å². The van der Waals surface area contributed by atoms with E-state index < -0.39 is 11.0 Å². The van der Waals surface area contributed by atoms with Gasteiger partial charge < -0.3 is 5.48 Å². The molecule has 1 aliphatic rings. The predicted octanol–water partition coefficient (Wildman–Crippen LogP) is 1.30. The molecule has 0 spiro atoms. The Balaban J connectivity index is 0.00000112. The molecule has 1 saturated heterocycles. The third-order valence-corrected chi connectivity index (χ3v) is 4.08. The lowest BCUT2D eigenvalue weighted by atomic mass is 10.1. The Labute approximate surface area is 93.0 Å². The van der Waals surface area contributed by atoms with Crippen LogP contribution in [0.1, 0.15) is 18.9 Å². The van der Waals surface area contributed by atoms with Crippen LogP contribution in [0.2, 0.25) is 0 Å². The van der Waals surface area contributed by atoms with Crippen LogP contribution in [0.25, 0.3) is 0 Å². The summed E-state index contributed by atoms with van der Waals surface area (Å²) in [5, 5.41) is 0. The van der Waals surface area contributed by atoms with Crippen molar-refractivity contribution in [2.45, 2.75) is 19.8 Å². The van der Waals surface area contributed by atoms with Gasteiger partial charge in [-0.2, -0.15) is 0 Å². The predicted molar refractivity (Wildman–Crippen MR) is 64.4 cm³/mol. The monoisotopic (exact) mass is 227 g/mol. The second-order valence-electron chi connectivity index (χ2n) is 3.50. The van der Waals surface area contributed by atoms with E-state index in [2.05, 4.69) is 31.2 Å². The summed E-state index contributed by atoms with van der Waals surface area (Å²) in [6.07, 6.45) is 2.10. The number of anilines is 1. The van der Waals surface area contributed by atoms with Gasteiger partial charge in [-0.15, -0.1) is 0 Å². The summed E-state index contributed by atoms with van der Waals surface area (Å²) in [4.78, 5) is 0. The number of hydrogen-bond acceptors (Lipinski definition) is 1. The highest BCUT2D eigenvalue weighted by Crippen LogP contribution is 2.21. The maximum atomic E-state index is 11.6. The number of benzene rings is 1. The Bertz CT molecular complexity index is 337. The quantitative estimate of drug-likeness (QED) is 0.751. The van der Waals surface area contributed by atoms with Crippen molar-refractivity contribution < 1.29 is 9.69 Å². The Morgan fingerprint density at radius 3 is 2.47 bits per heavy atom. The number of rotatable bonds is 2. The summed E-state index contributed by atoms with van der Waals surface area (Å²) in [6, 6.07) is 8.37. The number of hydrogen-bond donors (Lipinski definition) is 0. The lowest BCUT2D eigenvalue weighted by Crippen LogP contribution is -2.19. The third kappa shape index (κ3) is 2.58. The minimum Gasteiger partial charge on any atom is -0.412 e. The molecule has 15 heavy (non-hydrogen) atoms. The van der Waals surface area contributed by atoms with Crippen molar-refractivity contribution in [1.29, 1.82) is 0 Å². The van der Waals surface area contributed by atoms with Crippen LogP contribution in [0.3, 0.4) is 0 Å². The minimum atomic E-state index is -0.787. The summed E-state index contributed by atoms with van der Waals surface area (Å²) < 4.78 is 13.6. The molecular weight excluding hydrogens is 210 g/mol. The first kappa shape index (κ1) is 12.2. The van der Waals surface area contributed by atoms with Crippen molar-refractivity contribution in [3.63, 3.8) is 0 Å². The Kier molecular flexibility index (Phi) is 4.29. The molecule has 1 aromatic carbocycles. The molecule has 84 valence electrons. The SMILES string of the molecule is CCc1ccc(N2CCCS2=O)cc1.O. The second kappa shape index (κ2) is 5.28. The Morgan fingerprint density at radius 1 is 1.33 bits per heavy atom. The molecule has 1 atom stereocenters. The summed E-state index contributed by atoms with van der Waals surface area (Å²) >= 11 is 0. The van der Waals surface area contributed by atoms with Crippen molar-refractivity contribution in [1.82, 2.24) is 0 Å². The molecule has 0 amide bonds. The van der Waals surface area contributed by atoms with Crippen LogP contribution in [0, 0.1) is 0 Å². The molecule has 0 saturated carbocycles. The fourth-order valence-electron chi connectivity index (χ4n) is 1.69. The van der Waals surface area contributed by atoms with E-state index >= 15 is 0 Å². The van der Waals surface area contributed by atoms with E-state index in [1.165, 1.54) is 5.56 Å². The lowest BCUT2D eigenvalue weighted by molar-refractivity contribution is 0.685. The first-order chi connectivity index (χ1) is 6.81. The molecule has 1 heterocycles. The van der Waals surface area contributed by atoms with Crippen LogP contribution in [0.15, 0.2) is 24.3 Å². The van der Waals surface area contributed by atoms with E-state index in [0.717, 1.165) is 30.8 Å². The highest BCUT2D eigenvalue weighted by Gasteiger charge is 2.19. The molecule has 2 rings (SSSR count). The summed E-state index contributed by atoms with van der Waals surface area (Å²) in [6.45, 7) is 3.07.